The van der Waals surface area contributed by atoms with Crippen LogP contribution in [0.15, 0.2) is 0 Å². The molecule has 0 aliphatic rings. The molecule has 0 radical (unpaired) electrons. The van der Waals surface area contributed by atoms with E-state index in [1.807, 2.05) is 45.2 Å². The lowest BCUT2D eigenvalue weighted by molar-refractivity contribution is -0.116. The van der Waals surface area contributed by atoms with E-state index in [0.717, 1.165) is 21.6 Å². The summed E-state index contributed by atoms with van der Waals surface area (Å²) in [7, 11) is 0. The van der Waals surface area contributed by atoms with Gasteiger partial charge in [0.05, 0.1) is 96.7 Å². The zero-order valence-corrected chi connectivity index (χ0v) is 44.1. The number of Topliss-reactive ketones (excluding diaryl/α,β-unsaturated/α-hetero) is 1. The molecule has 5 amide bonds. The predicted molar refractivity (Wildman–Crippen MR) is 263 cm³/mol. The second-order valence-electron chi connectivity index (χ2n) is 12.5. The van der Waals surface area contributed by atoms with Crippen LogP contribution in [-0.4, -0.2) is 177 Å². The molecule has 0 saturated carbocycles. The summed E-state index contributed by atoms with van der Waals surface area (Å²) in [5, 5.41) is 83.5. The number of benzene rings is 2. The SMILES string of the molecule is CC(=O)Nc1c(I)c(C(=O)CN(C(C)=O)c2c(I)c(C(=O)N(CCO)CC(O)CO)c(I)c(C(=O)N(CCO)CC(O)CO)c2I)c(I)c(C(=O)NCC(O)CO)c1I. The predicted octanol–water partition coefficient (Wildman–Crippen LogP) is 0.167. The maximum absolute atomic E-state index is 14.6. The van der Waals surface area contributed by atoms with E-state index in [0.29, 0.717) is 0 Å². The standard InChI is InChI=1S/C34H41I6N5O14/c1-14(51)42-30-26(37)20(24(35)21(27(30)38)32(57)41-7-16(53)11-48)19(56)10-45(15(2)52)31-28(39)22(33(58)43(3-5-46)8-17(54)12-49)25(36)23(29(31)40)34(59)44(4-6-47)9-18(55)13-50/h16-18,46-50,53-55H,3-13H2,1-2H3,(H,41,57)(H,42,51). The number of halogens is 6. The number of nitrogens with zero attached hydrogens (tertiary/aromatic N) is 3. The van der Waals surface area contributed by atoms with Gasteiger partial charge < -0.3 is 66.2 Å². The lowest BCUT2D eigenvalue weighted by Crippen LogP contribution is -2.44. The van der Waals surface area contributed by atoms with E-state index in [2.05, 4.69) is 10.6 Å². The number of hydrogen-bond donors (Lipinski definition) is 10. The van der Waals surface area contributed by atoms with E-state index in [1.54, 1.807) is 90.4 Å². The van der Waals surface area contributed by atoms with Gasteiger partial charge in [0.2, 0.25) is 11.8 Å². The Morgan fingerprint density at radius 3 is 1.41 bits per heavy atom. The molecule has 0 spiro atoms. The third-order valence-corrected chi connectivity index (χ3v) is 14.5. The van der Waals surface area contributed by atoms with Crippen LogP contribution in [0, 0.1) is 21.4 Å². The number of nitrogens with one attached hydrogen (secondary N) is 2. The zero-order valence-electron chi connectivity index (χ0n) is 31.1. The second-order valence-corrected chi connectivity index (χ2v) is 19.0. The van der Waals surface area contributed by atoms with Crippen LogP contribution in [-0.2, 0) is 9.59 Å². The molecule has 10 N–H and O–H groups in total. The Balaban J connectivity index is 3.06. The van der Waals surface area contributed by atoms with Crippen LogP contribution in [0.3, 0.4) is 0 Å². The van der Waals surface area contributed by atoms with Gasteiger partial charge in [-0.05, 0) is 136 Å². The summed E-state index contributed by atoms with van der Waals surface area (Å²) in [6, 6.07) is 0. The highest BCUT2D eigenvalue weighted by atomic mass is 127. The summed E-state index contributed by atoms with van der Waals surface area (Å²) in [6.45, 7) is -3.54. The highest BCUT2D eigenvalue weighted by Gasteiger charge is 2.37. The molecule has 59 heavy (non-hydrogen) atoms. The molecule has 0 aromatic heterocycles. The van der Waals surface area contributed by atoms with Crippen LogP contribution < -0.4 is 15.5 Å². The molecule has 0 heterocycles. The Bertz CT molecular complexity index is 1860. The number of amides is 5. The van der Waals surface area contributed by atoms with Crippen molar-refractivity contribution in [2.45, 2.75) is 32.2 Å². The maximum atomic E-state index is 14.6. The van der Waals surface area contributed by atoms with Gasteiger partial charge in [-0.15, -0.1) is 0 Å². The molecular weight excluding hydrogens is 1460 g/mol. The maximum Gasteiger partial charge on any atom is 0.256 e. The van der Waals surface area contributed by atoms with E-state index in [9.17, 15) is 69.6 Å². The van der Waals surface area contributed by atoms with Crippen molar-refractivity contribution in [3.05, 3.63) is 43.7 Å². The Kier molecular flexibility index (Phi) is 23.8. The van der Waals surface area contributed by atoms with Gasteiger partial charge in [0.25, 0.3) is 17.7 Å². The number of hydrogen-bond acceptors (Lipinski definition) is 14. The van der Waals surface area contributed by atoms with Crippen molar-refractivity contribution in [3.63, 3.8) is 0 Å². The fourth-order valence-corrected chi connectivity index (χ4v) is 14.5. The van der Waals surface area contributed by atoms with Crippen molar-refractivity contribution in [2.75, 3.05) is 82.5 Å². The fraction of sp³-hybridized carbons (Fsp3) is 0.471. The van der Waals surface area contributed by atoms with E-state index >= 15 is 0 Å². The largest absolute Gasteiger partial charge is 0.395 e. The van der Waals surface area contributed by atoms with Crippen LogP contribution in [0.1, 0.15) is 55.3 Å². The number of aliphatic hydroxyl groups excluding tert-OH is 8. The van der Waals surface area contributed by atoms with Crippen LogP contribution in [0.25, 0.3) is 0 Å². The first-order chi connectivity index (χ1) is 27.6. The first-order valence-electron chi connectivity index (χ1n) is 17.1. The lowest BCUT2D eigenvalue weighted by atomic mass is 10.0. The summed E-state index contributed by atoms with van der Waals surface area (Å²) >= 11 is 10.7. The second kappa shape index (κ2) is 25.7. The quantitative estimate of drug-likeness (QED) is 0.0589. The minimum absolute atomic E-state index is 0.0245. The number of carbonyl (C=O) groups excluding carboxylic acids is 6. The number of anilines is 2. The molecule has 0 aliphatic heterocycles. The number of aliphatic hydroxyl groups is 8. The van der Waals surface area contributed by atoms with Crippen molar-refractivity contribution in [3.8, 4) is 0 Å². The Hall–Kier alpha value is -0.480. The van der Waals surface area contributed by atoms with Crippen molar-refractivity contribution >= 4 is 182 Å². The van der Waals surface area contributed by atoms with Gasteiger partial charge in [0.15, 0.2) is 5.78 Å². The van der Waals surface area contributed by atoms with Crippen molar-refractivity contribution in [1.82, 2.24) is 15.1 Å². The molecule has 0 saturated heterocycles. The molecular formula is C34H41I6N5O14. The first kappa shape index (κ1) is 54.7. The highest BCUT2D eigenvalue weighted by molar-refractivity contribution is 14.1. The molecule has 3 unspecified atom stereocenters. The molecule has 0 fully saturated rings. The molecule has 328 valence electrons. The van der Waals surface area contributed by atoms with Gasteiger partial charge in [-0.2, -0.15) is 0 Å². The van der Waals surface area contributed by atoms with E-state index in [1.165, 1.54) is 6.92 Å². The lowest BCUT2D eigenvalue weighted by Gasteiger charge is -2.31. The van der Waals surface area contributed by atoms with Gasteiger partial charge >= 0.3 is 0 Å². The minimum Gasteiger partial charge on any atom is -0.395 e. The number of rotatable bonds is 21. The van der Waals surface area contributed by atoms with E-state index in [-0.39, 0.29) is 74.7 Å². The average molecular weight is 1510 g/mol. The number of ketones is 1. The molecule has 2 aromatic carbocycles. The third-order valence-electron chi connectivity index (χ3n) is 8.10. The van der Waals surface area contributed by atoms with Gasteiger partial charge in [-0.1, -0.05) is 0 Å². The Morgan fingerprint density at radius 2 is 1.02 bits per heavy atom. The summed E-state index contributed by atoms with van der Waals surface area (Å²) in [4.78, 5) is 86.0. The van der Waals surface area contributed by atoms with E-state index in [4.69, 9.17) is 0 Å². The summed E-state index contributed by atoms with van der Waals surface area (Å²) < 4.78 is 0.692. The van der Waals surface area contributed by atoms with Gasteiger partial charge in [0, 0.05) is 62.8 Å². The highest BCUT2D eigenvalue weighted by Crippen LogP contribution is 2.41. The zero-order chi connectivity index (χ0) is 45.0. The summed E-state index contributed by atoms with van der Waals surface area (Å²) in [5.41, 5.74) is -0.510. The minimum atomic E-state index is -1.43. The van der Waals surface area contributed by atoms with Crippen molar-refractivity contribution < 1.29 is 69.6 Å². The van der Waals surface area contributed by atoms with Crippen LogP contribution in [0.5, 0.6) is 0 Å². The van der Waals surface area contributed by atoms with Crippen LogP contribution in [0.2, 0.25) is 0 Å². The Morgan fingerprint density at radius 1 is 0.593 bits per heavy atom. The molecule has 0 bridgehead atoms. The van der Waals surface area contributed by atoms with Gasteiger partial charge in [-0.3, -0.25) is 28.8 Å². The molecule has 3 atom stereocenters. The first-order valence-corrected chi connectivity index (χ1v) is 23.6. The molecule has 2 rings (SSSR count). The van der Waals surface area contributed by atoms with Crippen molar-refractivity contribution in [2.24, 2.45) is 0 Å². The molecule has 0 aliphatic carbocycles. The molecule has 2 aromatic rings. The summed E-state index contributed by atoms with van der Waals surface area (Å²) in [5.74, 6) is -4.46. The monoisotopic (exact) mass is 1500 g/mol. The Labute approximate surface area is 420 Å². The van der Waals surface area contributed by atoms with Gasteiger partial charge in [-0.25, -0.2) is 0 Å². The molecule has 25 heteroatoms. The smallest absolute Gasteiger partial charge is 0.256 e. The van der Waals surface area contributed by atoms with Crippen LogP contribution >= 0.6 is 136 Å². The third kappa shape index (κ3) is 14.0. The molecule has 19 nitrogen and oxygen atoms in total. The normalized spacial score (nSPS) is 12.7. The average Bonchev–Trinajstić information content (AvgIpc) is 3.17. The van der Waals surface area contributed by atoms with Crippen molar-refractivity contribution in [1.29, 1.82) is 0 Å². The van der Waals surface area contributed by atoms with Crippen LogP contribution in [0.4, 0.5) is 11.4 Å². The topological polar surface area (TPSA) is 298 Å². The fourth-order valence-electron chi connectivity index (χ4n) is 5.32. The summed E-state index contributed by atoms with van der Waals surface area (Å²) in [6.07, 6.45) is -4.15. The number of carbonyl (C=O) groups is 6. The van der Waals surface area contributed by atoms with E-state index < -0.39 is 106 Å². The van der Waals surface area contributed by atoms with Gasteiger partial charge in [0.1, 0.15) is 0 Å².